The zero-order chi connectivity index (χ0) is 32.8. The molecule has 9 heteroatoms. The SMILES string of the molecule is CC(=O)c1cccc(COC(=O)CCCC[C@@H]2SC[C@H]3[C@@H]2N(Cc2cccc(C(C)=O)c2)C(=O)N3Cc2cccc(C(C)=O)c2)c1. The van der Waals surface area contributed by atoms with Crippen LogP contribution in [0.25, 0.3) is 0 Å². The van der Waals surface area contributed by atoms with Crippen molar-refractivity contribution in [2.45, 2.75) is 83.5 Å². The van der Waals surface area contributed by atoms with Gasteiger partial charge in [-0.05, 0) is 68.5 Å². The summed E-state index contributed by atoms with van der Waals surface area (Å²) in [6.07, 6.45) is 2.65. The van der Waals surface area contributed by atoms with Crippen molar-refractivity contribution in [2.24, 2.45) is 0 Å². The van der Waals surface area contributed by atoms with Gasteiger partial charge in [0.2, 0.25) is 0 Å². The molecule has 0 unspecified atom stereocenters. The number of unbranched alkanes of at least 4 members (excludes halogenated alkanes) is 1. The lowest BCUT2D eigenvalue weighted by molar-refractivity contribution is -0.145. The minimum atomic E-state index is -0.271. The average Bonchev–Trinajstić information content (AvgIpc) is 3.56. The summed E-state index contributed by atoms with van der Waals surface area (Å²) in [7, 11) is 0. The topological polar surface area (TPSA) is 101 Å². The number of benzene rings is 3. The molecule has 2 saturated heterocycles. The van der Waals surface area contributed by atoms with Gasteiger partial charge in [-0.2, -0.15) is 11.8 Å². The minimum Gasteiger partial charge on any atom is -0.461 e. The Kier molecular flexibility index (Phi) is 10.7. The van der Waals surface area contributed by atoms with Crippen LogP contribution in [0.3, 0.4) is 0 Å². The van der Waals surface area contributed by atoms with Crippen molar-refractivity contribution in [1.82, 2.24) is 9.80 Å². The highest BCUT2D eigenvalue weighted by molar-refractivity contribution is 8.00. The molecule has 0 radical (unpaired) electrons. The zero-order valence-electron chi connectivity index (χ0n) is 26.6. The van der Waals surface area contributed by atoms with E-state index in [0.29, 0.717) is 42.6 Å². The van der Waals surface area contributed by atoms with Gasteiger partial charge < -0.3 is 14.5 Å². The van der Waals surface area contributed by atoms with E-state index in [0.717, 1.165) is 35.3 Å². The first-order chi connectivity index (χ1) is 22.1. The molecule has 2 aliphatic rings. The standard InChI is InChI=1S/C37H40N2O6S/c1-24(40)30-12-6-9-27(17-30)20-38-33-23-46-34(36(33)39(37(38)44)21-28-10-7-13-31(18-28)25(2)41)15-4-5-16-35(43)45-22-29-11-8-14-32(19-29)26(3)42/h6-14,17-19,33-34,36H,4-5,15-16,20-23H2,1-3H3/t33-,34-,36-/m0/s1. The zero-order valence-corrected chi connectivity index (χ0v) is 27.4. The van der Waals surface area contributed by atoms with Crippen molar-refractivity contribution in [3.05, 3.63) is 106 Å². The van der Waals surface area contributed by atoms with Crippen LogP contribution in [0.2, 0.25) is 0 Å². The number of urea groups is 1. The van der Waals surface area contributed by atoms with Gasteiger partial charge in [-0.3, -0.25) is 19.2 Å². The van der Waals surface area contributed by atoms with Crippen molar-refractivity contribution < 1.29 is 28.7 Å². The normalized spacial score (nSPS) is 18.8. The molecule has 0 saturated carbocycles. The van der Waals surface area contributed by atoms with E-state index in [1.165, 1.54) is 6.92 Å². The number of hydrogen-bond donors (Lipinski definition) is 0. The third-order valence-electron chi connectivity index (χ3n) is 8.73. The van der Waals surface area contributed by atoms with Crippen molar-refractivity contribution in [2.75, 3.05) is 5.75 Å². The van der Waals surface area contributed by atoms with E-state index in [9.17, 15) is 24.0 Å². The van der Waals surface area contributed by atoms with Crippen LogP contribution in [0.15, 0.2) is 72.8 Å². The molecule has 240 valence electrons. The van der Waals surface area contributed by atoms with Crippen LogP contribution < -0.4 is 0 Å². The first-order valence-corrected chi connectivity index (χ1v) is 16.8. The number of ether oxygens (including phenoxy) is 1. The van der Waals surface area contributed by atoms with E-state index in [1.54, 1.807) is 44.2 Å². The summed E-state index contributed by atoms with van der Waals surface area (Å²) in [6.45, 7) is 5.54. The van der Waals surface area contributed by atoms with Gasteiger partial charge in [0.25, 0.3) is 0 Å². The quantitative estimate of drug-likeness (QED) is 0.0819. The van der Waals surface area contributed by atoms with Gasteiger partial charge >= 0.3 is 12.0 Å². The van der Waals surface area contributed by atoms with Crippen LogP contribution in [0, 0.1) is 0 Å². The van der Waals surface area contributed by atoms with Crippen LogP contribution in [0.5, 0.6) is 0 Å². The minimum absolute atomic E-state index is 0.00945. The Morgan fingerprint density at radius 1 is 0.739 bits per heavy atom. The number of rotatable bonds is 14. The maximum atomic E-state index is 14.0. The van der Waals surface area contributed by atoms with E-state index in [1.807, 2.05) is 64.0 Å². The Morgan fingerprint density at radius 2 is 1.26 bits per heavy atom. The fourth-order valence-electron chi connectivity index (χ4n) is 6.30. The second-order valence-corrected chi connectivity index (χ2v) is 13.4. The number of thioether (sulfide) groups is 1. The second-order valence-electron chi connectivity index (χ2n) is 12.1. The molecule has 2 aliphatic heterocycles. The number of carbonyl (C=O) groups is 5. The van der Waals surface area contributed by atoms with Gasteiger partial charge in [0.15, 0.2) is 17.3 Å². The summed E-state index contributed by atoms with van der Waals surface area (Å²) in [5.41, 5.74) is 4.45. The fraction of sp³-hybridized carbons (Fsp3) is 0.378. The number of esters is 1. The summed E-state index contributed by atoms with van der Waals surface area (Å²) in [6, 6.07) is 22.0. The van der Waals surface area contributed by atoms with E-state index >= 15 is 0 Å². The molecule has 3 atom stereocenters. The molecule has 3 aromatic rings. The summed E-state index contributed by atoms with van der Waals surface area (Å²) >= 11 is 1.86. The summed E-state index contributed by atoms with van der Waals surface area (Å²) in [4.78, 5) is 66.0. The lowest BCUT2D eigenvalue weighted by atomic mass is 10.00. The molecular weight excluding hydrogens is 600 g/mol. The van der Waals surface area contributed by atoms with E-state index in [2.05, 4.69) is 0 Å². The molecule has 0 aliphatic carbocycles. The molecule has 3 aromatic carbocycles. The first kappa shape index (κ1) is 33.1. The fourth-order valence-corrected chi connectivity index (χ4v) is 7.98. The predicted octanol–water partition coefficient (Wildman–Crippen LogP) is 6.89. The number of ketones is 3. The van der Waals surface area contributed by atoms with Gasteiger partial charge in [0, 0.05) is 47.2 Å². The number of carbonyl (C=O) groups excluding carboxylic acids is 5. The molecule has 2 amide bonds. The monoisotopic (exact) mass is 640 g/mol. The number of Topliss-reactive ketones (excluding diaryl/α,β-unsaturated/α-hetero) is 3. The molecule has 0 spiro atoms. The van der Waals surface area contributed by atoms with Crippen molar-refractivity contribution in [3.63, 3.8) is 0 Å². The molecule has 2 heterocycles. The molecule has 2 fully saturated rings. The highest BCUT2D eigenvalue weighted by Gasteiger charge is 2.52. The lowest BCUT2D eigenvalue weighted by Gasteiger charge is -2.27. The van der Waals surface area contributed by atoms with Gasteiger partial charge in [0.1, 0.15) is 6.61 Å². The number of hydrogen-bond acceptors (Lipinski definition) is 7. The maximum Gasteiger partial charge on any atom is 0.321 e. The Balaban J connectivity index is 1.23. The van der Waals surface area contributed by atoms with Crippen LogP contribution in [-0.2, 0) is 29.2 Å². The number of nitrogens with zero attached hydrogens (tertiary/aromatic N) is 2. The highest BCUT2D eigenvalue weighted by atomic mass is 32.2. The average molecular weight is 641 g/mol. The maximum absolute atomic E-state index is 14.0. The third-order valence-corrected chi connectivity index (χ3v) is 10.2. The number of fused-ring (bicyclic) bond motifs is 1. The highest BCUT2D eigenvalue weighted by Crippen LogP contribution is 2.43. The molecule has 8 nitrogen and oxygen atoms in total. The summed E-state index contributed by atoms with van der Waals surface area (Å²) in [5.74, 6) is 0.474. The third kappa shape index (κ3) is 7.94. The largest absolute Gasteiger partial charge is 0.461 e. The van der Waals surface area contributed by atoms with Gasteiger partial charge in [0.05, 0.1) is 12.1 Å². The summed E-state index contributed by atoms with van der Waals surface area (Å²) in [5, 5.41) is 0.198. The predicted molar refractivity (Wildman–Crippen MR) is 178 cm³/mol. The first-order valence-electron chi connectivity index (χ1n) is 15.7. The molecule has 46 heavy (non-hydrogen) atoms. The van der Waals surface area contributed by atoms with Crippen molar-refractivity contribution >= 4 is 41.1 Å². The molecule has 0 N–H and O–H groups in total. The Morgan fingerprint density at radius 3 is 1.83 bits per heavy atom. The lowest BCUT2D eigenvalue weighted by Crippen LogP contribution is -2.40. The van der Waals surface area contributed by atoms with Crippen LogP contribution in [-0.4, -0.2) is 62.2 Å². The van der Waals surface area contributed by atoms with Gasteiger partial charge in [-0.25, -0.2) is 4.79 Å². The number of amides is 2. The summed E-state index contributed by atoms with van der Waals surface area (Å²) < 4.78 is 5.46. The molecule has 0 aromatic heterocycles. The smallest absolute Gasteiger partial charge is 0.321 e. The Hall–Kier alpha value is -4.24. The second kappa shape index (κ2) is 14.9. The van der Waals surface area contributed by atoms with Gasteiger partial charge in [-0.15, -0.1) is 0 Å². The van der Waals surface area contributed by atoms with Crippen LogP contribution >= 0.6 is 11.8 Å². The van der Waals surface area contributed by atoms with E-state index < -0.39 is 0 Å². The van der Waals surface area contributed by atoms with Crippen molar-refractivity contribution in [1.29, 1.82) is 0 Å². The van der Waals surface area contributed by atoms with Crippen molar-refractivity contribution in [3.8, 4) is 0 Å². The van der Waals surface area contributed by atoms with Gasteiger partial charge in [-0.1, -0.05) is 61.0 Å². The molecular formula is C37H40N2O6S. The van der Waals surface area contributed by atoms with Crippen LogP contribution in [0.1, 0.15) is 94.2 Å². The van der Waals surface area contributed by atoms with Crippen LogP contribution in [0.4, 0.5) is 4.79 Å². The Bertz CT molecular complexity index is 1640. The van der Waals surface area contributed by atoms with E-state index in [4.69, 9.17) is 4.74 Å². The Labute approximate surface area is 274 Å². The molecule has 0 bridgehead atoms. The molecule has 5 rings (SSSR count). The van der Waals surface area contributed by atoms with E-state index in [-0.39, 0.29) is 53.3 Å².